The van der Waals surface area contributed by atoms with Crippen LogP contribution < -0.4 is 20.3 Å². The van der Waals surface area contributed by atoms with Crippen molar-refractivity contribution in [1.29, 1.82) is 0 Å². The Balaban J connectivity index is 1.48. The number of aromatic nitrogens is 2. The lowest BCUT2D eigenvalue weighted by atomic mass is 10.1. The van der Waals surface area contributed by atoms with E-state index < -0.39 is 15.6 Å². The van der Waals surface area contributed by atoms with Crippen molar-refractivity contribution < 1.29 is 13.2 Å². The highest BCUT2D eigenvalue weighted by atomic mass is 35.5. The third-order valence-electron chi connectivity index (χ3n) is 5.09. The molecule has 2 aromatic carbocycles. The molecule has 0 radical (unpaired) electrons. The molecule has 35 heavy (non-hydrogen) atoms. The number of nitrogens with one attached hydrogen (secondary N) is 3. The van der Waals surface area contributed by atoms with Crippen LogP contribution in [0.5, 0.6) is 0 Å². The summed E-state index contributed by atoms with van der Waals surface area (Å²) in [6.45, 7) is 8.58. The summed E-state index contributed by atoms with van der Waals surface area (Å²) in [5, 5.41) is 6.58. The molecule has 1 aliphatic rings. The molecule has 3 aromatic rings. The third-order valence-corrected chi connectivity index (χ3v) is 7.12. The standard InChI is InChI=1S/C24H29ClN6O3S/c1-24(2,3)30-35(32,33)20-6-4-5-18(15-20)27-22-21(25)16-26-23(29-22)28-17-7-9-19(10-8-17)31-11-13-34-14-12-31/h4-10,15-16,30H,11-14H2,1-3H3,(H2,26,27,28,29). The Morgan fingerprint density at radius 2 is 1.71 bits per heavy atom. The fourth-order valence-corrected chi connectivity index (χ4v) is 5.16. The van der Waals surface area contributed by atoms with Crippen LogP contribution in [0.3, 0.4) is 0 Å². The van der Waals surface area contributed by atoms with Gasteiger partial charge in [-0.1, -0.05) is 17.7 Å². The van der Waals surface area contributed by atoms with Crippen LogP contribution >= 0.6 is 11.6 Å². The van der Waals surface area contributed by atoms with Crippen molar-refractivity contribution in [2.45, 2.75) is 31.2 Å². The van der Waals surface area contributed by atoms with Crippen molar-refractivity contribution >= 4 is 50.5 Å². The van der Waals surface area contributed by atoms with E-state index in [2.05, 4.69) is 30.2 Å². The largest absolute Gasteiger partial charge is 0.378 e. The fraction of sp³-hybridized carbons (Fsp3) is 0.333. The second kappa shape index (κ2) is 10.4. The average molecular weight is 517 g/mol. The molecule has 3 N–H and O–H groups in total. The van der Waals surface area contributed by atoms with E-state index in [-0.39, 0.29) is 4.90 Å². The number of hydrogen-bond acceptors (Lipinski definition) is 8. The number of ether oxygens (including phenoxy) is 1. The van der Waals surface area contributed by atoms with Crippen molar-refractivity contribution in [2.24, 2.45) is 0 Å². The molecule has 11 heteroatoms. The zero-order chi connectivity index (χ0) is 25.1. The normalized spacial score (nSPS) is 14.6. The maximum Gasteiger partial charge on any atom is 0.241 e. The maximum atomic E-state index is 12.7. The summed E-state index contributed by atoms with van der Waals surface area (Å²) in [5.41, 5.74) is 1.90. The molecule has 0 atom stereocenters. The van der Waals surface area contributed by atoms with Gasteiger partial charge >= 0.3 is 0 Å². The quantitative estimate of drug-likeness (QED) is 0.420. The SMILES string of the molecule is CC(C)(C)NS(=O)(=O)c1cccc(Nc2nc(Nc3ccc(N4CCOCC4)cc3)ncc2Cl)c1. The number of sulfonamides is 1. The van der Waals surface area contributed by atoms with E-state index >= 15 is 0 Å². The van der Waals surface area contributed by atoms with Gasteiger partial charge in [0, 0.05) is 35.7 Å². The van der Waals surface area contributed by atoms with E-state index in [0.717, 1.165) is 37.7 Å². The number of benzene rings is 2. The molecule has 2 heterocycles. The summed E-state index contributed by atoms with van der Waals surface area (Å²) >= 11 is 6.31. The Hall–Kier alpha value is -2.92. The Labute approximate surface area is 210 Å². The number of rotatable bonds is 7. The Kier molecular flexibility index (Phi) is 7.46. The van der Waals surface area contributed by atoms with Gasteiger partial charge in [-0.05, 0) is 63.2 Å². The summed E-state index contributed by atoms with van der Waals surface area (Å²) in [6.07, 6.45) is 1.49. The van der Waals surface area contributed by atoms with Gasteiger partial charge < -0.3 is 20.3 Å². The first-order chi connectivity index (χ1) is 16.6. The monoisotopic (exact) mass is 516 g/mol. The van der Waals surface area contributed by atoms with Gasteiger partial charge in [0.05, 0.1) is 24.3 Å². The lowest BCUT2D eigenvalue weighted by Gasteiger charge is -2.28. The highest BCUT2D eigenvalue weighted by molar-refractivity contribution is 7.89. The van der Waals surface area contributed by atoms with Crippen LogP contribution in [-0.4, -0.2) is 50.2 Å². The smallest absolute Gasteiger partial charge is 0.241 e. The van der Waals surface area contributed by atoms with Gasteiger partial charge in [0.1, 0.15) is 5.02 Å². The summed E-state index contributed by atoms with van der Waals surface area (Å²) in [7, 11) is -3.68. The zero-order valence-corrected chi connectivity index (χ0v) is 21.4. The van der Waals surface area contributed by atoms with Gasteiger partial charge in [0.15, 0.2) is 5.82 Å². The minimum atomic E-state index is -3.68. The van der Waals surface area contributed by atoms with Crippen molar-refractivity contribution in [1.82, 2.24) is 14.7 Å². The minimum absolute atomic E-state index is 0.140. The lowest BCUT2D eigenvalue weighted by Crippen LogP contribution is -2.40. The molecule has 0 amide bonds. The molecule has 0 aliphatic carbocycles. The molecule has 1 aromatic heterocycles. The number of halogens is 1. The van der Waals surface area contributed by atoms with Crippen molar-refractivity contribution in [2.75, 3.05) is 41.8 Å². The zero-order valence-electron chi connectivity index (χ0n) is 19.9. The van der Waals surface area contributed by atoms with Crippen LogP contribution in [0, 0.1) is 0 Å². The molecule has 0 unspecified atom stereocenters. The van der Waals surface area contributed by atoms with Gasteiger partial charge in [0.25, 0.3) is 0 Å². The third kappa shape index (κ3) is 6.82. The van der Waals surface area contributed by atoms with Crippen LogP contribution in [0.1, 0.15) is 20.8 Å². The summed E-state index contributed by atoms with van der Waals surface area (Å²) in [5.74, 6) is 0.710. The Morgan fingerprint density at radius 3 is 2.40 bits per heavy atom. The van der Waals surface area contributed by atoms with E-state index in [4.69, 9.17) is 16.3 Å². The predicted molar refractivity (Wildman–Crippen MR) is 140 cm³/mol. The van der Waals surface area contributed by atoms with Gasteiger partial charge in [-0.3, -0.25) is 0 Å². The lowest BCUT2D eigenvalue weighted by molar-refractivity contribution is 0.122. The van der Waals surface area contributed by atoms with Gasteiger partial charge in [-0.2, -0.15) is 4.98 Å². The van der Waals surface area contributed by atoms with Crippen LogP contribution in [-0.2, 0) is 14.8 Å². The molecule has 1 aliphatic heterocycles. The average Bonchev–Trinajstić information content (AvgIpc) is 2.81. The molecule has 1 saturated heterocycles. The van der Waals surface area contributed by atoms with E-state index in [9.17, 15) is 8.42 Å². The van der Waals surface area contributed by atoms with E-state index in [1.54, 1.807) is 32.9 Å². The van der Waals surface area contributed by atoms with Crippen molar-refractivity contribution in [3.05, 3.63) is 59.8 Å². The van der Waals surface area contributed by atoms with Gasteiger partial charge in [0.2, 0.25) is 16.0 Å². The highest BCUT2D eigenvalue weighted by Gasteiger charge is 2.22. The number of anilines is 5. The first kappa shape index (κ1) is 25.2. The first-order valence-electron chi connectivity index (χ1n) is 11.2. The van der Waals surface area contributed by atoms with Crippen LogP contribution in [0.2, 0.25) is 5.02 Å². The van der Waals surface area contributed by atoms with Gasteiger partial charge in [-0.15, -0.1) is 0 Å². The molecule has 0 spiro atoms. The van der Waals surface area contributed by atoms with Crippen LogP contribution in [0.25, 0.3) is 0 Å². The number of morpholine rings is 1. The molecular weight excluding hydrogens is 488 g/mol. The number of hydrogen-bond donors (Lipinski definition) is 3. The molecule has 9 nitrogen and oxygen atoms in total. The summed E-state index contributed by atoms with van der Waals surface area (Å²) in [6, 6.07) is 14.5. The van der Waals surface area contributed by atoms with Crippen molar-refractivity contribution in [3.8, 4) is 0 Å². The predicted octanol–water partition coefficient (Wildman–Crippen LogP) is 4.53. The molecule has 4 rings (SSSR count). The minimum Gasteiger partial charge on any atom is -0.378 e. The van der Waals surface area contributed by atoms with Crippen molar-refractivity contribution in [3.63, 3.8) is 0 Å². The first-order valence-corrected chi connectivity index (χ1v) is 13.1. The highest BCUT2D eigenvalue weighted by Crippen LogP contribution is 2.27. The summed E-state index contributed by atoms with van der Waals surface area (Å²) < 4.78 is 33.4. The molecule has 0 saturated carbocycles. The van der Waals surface area contributed by atoms with Gasteiger partial charge in [-0.25, -0.2) is 18.1 Å². The van der Waals surface area contributed by atoms with E-state index in [1.165, 1.54) is 18.3 Å². The van der Waals surface area contributed by atoms with Crippen LogP contribution in [0.4, 0.5) is 28.8 Å². The number of nitrogens with zero attached hydrogens (tertiary/aromatic N) is 3. The topological polar surface area (TPSA) is 108 Å². The second-order valence-corrected chi connectivity index (χ2v) is 11.3. The van der Waals surface area contributed by atoms with E-state index in [0.29, 0.717) is 22.5 Å². The van der Waals surface area contributed by atoms with Crippen LogP contribution in [0.15, 0.2) is 59.6 Å². The summed E-state index contributed by atoms with van der Waals surface area (Å²) in [4.78, 5) is 11.1. The molecule has 186 valence electrons. The Morgan fingerprint density at radius 1 is 1.00 bits per heavy atom. The second-order valence-electron chi connectivity index (χ2n) is 9.17. The van der Waals surface area contributed by atoms with E-state index in [1.807, 2.05) is 24.3 Å². The maximum absolute atomic E-state index is 12.7. The fourth-order valence-electron chi connectivity index (χ4n) is 3.56. The Bertz CT molecular complexity index is 1270. The molecular formula is C24H29ClN6O3S. The molecule has 1 fully saturated rings. The molecule has 0 bridgehead atoms.